The van der Waals surface area contributed by atoms with Crippen LogP contribution in [0, 0.1) is 5.92 Å². The SMILES string of the molecule is ClCC(Cc1ccc(Cl)cc1Cl)Cc1ccccc1Br. The van der Waals surface area contributed by atoms with Gasteiger partial charge in [0.05, 0.1) is 0 Å². The Morgan fingerprint density at radius 1 is 0.950 bits per heavy atom. The Labute approximate surface area is 143 Å². The van der Waals surface area contributed by atoms with Crippen LogP contribution in [0.15, 0.2) is 46.9 Å². The van der Waals surface area contributed by atoms with Crippen LogP contribution >= 0.6 is 50.7 Å². The normalized spacial score (nSPS) is 12.4. The Balaban J connectivity index is 2.11. The molecule has 0 nitrogen and oxygen atoms in total. The zero-order valence-electron chi connectivity index (χ0n) is 10.8. The number of hydrogen-bond acceptors (Lipinski definition) is 0. The molecule has 0 fully saturated rings. The highest BCUT2D eigenvalue weighted by molar-refractivity contribution is 9.10. The van der Waals surface area contributed by atoms with Gasteiger partial charge in [-0.3, -0.25) is 0 Å². The van der Waals surface area contributed by atoms with E-state index in [-0.39, 0.29) is 0 Å². The fourth-order valence-corrected chi connectivity index (χ4v) is 3.30. The van der Waals surface area contributed by atoms with Gasteiger partial charge < -0.3 is 0 Å². The van der Waals surface area contributed by atoms with E-state index in [0.717, 1.165) is 22.9 Å². The summed E-state index contributed by atoms with van der Waals surface area (Å²) in [6, 6.07) is 13.8. The second-order valence-corrected chi connectivity index (χ2v) is 6.76. The standard InChI is InChI=1S/C16H14BrCl3/c17-15-4-2-1-3-12(15)7-11(10-18)8-13-5-6-14(19)9-16(13)20/h1-6,9,11H,7-8,10H2. The van der Waals surface area contributed by atoms with Gasteiger partial charge in [-0.1, -0.05) is 63.4 Å². The van der Waals surface area contributed by atoms with Crippen molar-refractivity contribution < 1.29 is 0 Å². The van der Waals surface area contributed by atoms with E-state index < -0.39 is 0 Å². The monoisotopic (exact) mass is 390 g/mol. The summed E-state index contributed by atoms with van der Waals surface area (Å²) in [6.07, 6.45) is 1.77. The number of halogens is 4. The van der Waals surface area contributed by atoms with E-state index >= 15 is 0 Å². The Morgan fingerprint density at radius 3 is 2.30 bits per heavy atom. The molecule has 0 heterocycles. The van der Waals surface area contributed by atoms with Crippen LogP contribution in [0.5, 0.6) is 0 Å². The molecule has 0 aliphatic rings. The lowest BCUT2D eigenvalue weighted by Gasteiger charge is -2.16. The van der Waals surface area contributed by atoms with E-state index in [4.69, 9.17) is 34.8 Å². The van der Waals surface area contributed by atoms with Gasteiger partial charge in [-0.2, -0.15) is 0 Å². The van der Waals surface area contributed by atoms with Gasteiger partial charge in [-0.05, 0) is 48.1 Å². The van der Waals surface area contributed by atoms with E-state index in [1.54, 1.807) is 6.07 Å². The fraction of sp³-hybridized carbons (Fsp3) is 0.250. The first-order valence-corrected chi connectivity index (χ1v) is 8.41. The third-order valence-electron chi connectivity index (χ3n) is 3.21. The molecule has 2 rings (SSSR count). The van der Waals surface area contributed by atoms with Gasteiger partial charge in [0, 0.05) is 20.4 Å². The predicted molar refractivity (Wildman–Crippen MR) is 92.2 cm³/mol. The quantitative estimate of drug-likeness (QED) is 0.517. The molecule has 0 aliphatic carbocycles. The third-order valence-corrected chi connectivity index (χ3v) is 5.01. The number of rotatable bonds is 5. The summed E-state index contributed by atoms with van der Waals surface area (Å²) in [5, 5.41) is 1.37. The highest BCUT2D eigenvalue weighted by atomic mass is 79.9. The van der Waals surface area contributed by atoms with Gasteiger partial charge in [-0.15, -0.1) is 11.6 Å². The molecule has 20 heavy (non-hydrogen) atoms. The van der Waals surface area contributed by atoms with Crippen molar-refractivity contribution in [3.8, 4) is 0 Å². The summed E-state index contributed by atoms with van der Waals surface area (Å²) in [5.74, 6) is 0.939. The summed E-state index contributed by atoms with van der Waals surface area (Å²) in [4.78, 5) is 0. The molecule has 4 heteroatoms. The van der Waals surface area contributed by atoms with Crippen LogP contribution in [-0.4, -0.2) is 5.88 Å². The summed E-state index contributed by atoms with van der Waals surface area (Å²) in [7, 11) is 0. The zero-order valence-corrected chi connectivity index (χ0v) is 14.6. The number of alkyl halides is 1. The molecule has 0 bridgehead atoms. The number of benzene rings is 2. The molecular formula is C16H14BrCl3. The van der Waals surface area contributed by atoms with Gasteiger partial charge in [0.25, 0.3) is 0 Å². The molecule has 1 atom stereocenters. The van der Waals surface area contributed by atoms with Gasteiger partial charge in [0.1, 0.15) is 0 Å². The number of hydrogen-bond donors (Lipinski definition) is 0. The first-order chi connectivity index (χ1) is 9.60. The molecule has 0 saturated heterocycles. The minimum Gasteiger partial charge on any atom is -0.126 e. The highest BCUT2D eigenvalue weighted by Crippen LogP contribution is 2.27. The van der Waals surface area contributed by atoms with Crippen LogP contribution in [0.2, 0.25) is 10.0 Å². The Morgan fingerprint density at radius 2 is 1.65 bits per heavy atom. The summed E-state index contributed by atoms with van der Waals surface area (Å²) in [5.41, 5.74) is 2.36. The first-order valence-electron chi connectivity index (χ1n) is 6.33. The molecule has 106 valence electrons. The van der Waals surface area contributed by atoms with Gasteiger partial charge >= 0.3 is 0 Å². The van der Waals surface area contributed by atoms with Crippen molar-refractivity contribution in [1.82, 2.24) is 0 Å². The van der Waals surface area contributed by atoms with E-state index in [2.05, 4.69) is 28.1 Å². The van der Waals surface area contributed by atoms with E-state index in [9.17, 15) is 0 Å². The van der Waals surface area contributed by atoms with Crippen LogP contribution in [0.3, 0.4) is 0 Å². The van der Waals surface area contributed by atoms with Crippen molar-refractivity contribution >= 4 is 50.7 Å². The lowest BCUT2D eigenvalue weighted by Crippen LogP contribution is -2.11. The first kappa shape index (κ1) is 16.2. The van der Waals surface area contributed by atoms with Gasteiger partial charge in [0.2, 0.25) is 0 Å². The lowest BCUT2D eigenvalue weighted by atomic mass is 9.94. The molecule has 0 spiro atoms. The zero-order chi connectivity index (χ0) is 14.5. The predicted octanol–water partition coefficient (Wildman–Crippen LogP) is 6.40. The van der Waals surface area contributed by atoms with Crippen LogP contribution in [-0.2, 0) is 12.8 Å². The molecular weight excluding hydrogens is 378 g/mol. The van der Waals surface area contributed by atoms with Crippen LogP contribution in [0.4, 0.5) is 0 Å². The Kier molecular flexibility index (Phi) is 6.22. The molecule has 0 aliphatic heterocycles. The fourth-order valence-electron chi connectivity index (χ4n) is 2.15. The minimum atomic E-state index is 0.342. The summed E-state index contributed by atoms with van der Waals surface area (Å²) >= 11 is 21.8. The van der Waals surface area contributed by atoms with Crippen molar-refractivity contribution in [2.24, 2.45) is 5.92 Å². The molecule has 0 radical (unpaired) electrons. The van der Waals surface area contributed by atoms with E-state index in [1.807, 2.05) is 24.3 Å². The second-order valence-electron chi connectivity index (χ2n) is 4.76. The molecule has 1 unspecified atom stereocenters. The molecule has 0 saturated carbocycles. The maximum absolute atomic E-state index is 6.23. The molecule has 2 aromatic carbocycles. The van der Waals surface area contributed by atoms with E-state index in [1.165, 1.54) is 5.56 Å². The largest absolute Gasteiger partial charge is 0.126 e. The maximum atomic E-state index is 6.23. The van der Waals surface area contributed by atoms with Crippen molar-refractivity contribution in [3.05, 3.63) is 68.1 Å². The second kappa shape index (κ2) is 7.70. The van der Waals surface area contributed by atoms with Crippen molar-refractivity contribution in [3.63, 3.8) is 0 Å². The van der Waals surface area contributed by atoms with Gasteiger partial charge in [-0.25, -0.2) is 0 Å². The summed E-state index contributed by atoms with van der Waals surface area (Å²) in [6.45, 7) is 0. The van der Waals surface area contributed by atoms with Crippen molar-refractivity contribution in [2.75, 3.05) is 5.88 Å². The lowest BCUT2D eigenvalue weighted by molar-refractivity contribution is 0.583. The van der Waals surface area contributed by atoms with Crippen LogP contribution in [0.1, 0.15) is 11.1 Å². The highest BCUT2D eigenvalue weighted by Gasteiger charge is 2.13. The van der Waals surface area contributed by atoms with E-state index in [0.29, 0.717) is 21.8 Å². The molecule has 2 aromatic rings. The van der Waals surface area contributed by atoms with Crippen LogP contribution < -0.4 is 0 Å². The molecule has 0 amide bonds. The maximum Gasteiger partial charge on any atom is 0.0452 e. The average Bonchev–Trinajstić information content (AvgIpc) is 2.43. The minimum absolute atomic E-state index is 0.342. The molecule has 0 N–H and O–H groups in total. The Hall–Kier alpha value is -0.210. The van der Waals surface area contributed by atoms with Crippen molar-refractivity contribution in [1.29, 1.82) is 0 Å². The van der Waals surface area contributed by atoms with Crippen molar-refractivity contribution in [2.45, 2.75) is 12.8 Å². The van der Waals surface area contributed by atoms with Gasteiger partial charge in [0.15, 0.2) is 0 Å². The smallest absolute Gasteiger partial charge is 0.0452 e. The summed E-state index contributed by atoms with van der Waals surface area (Å²) < 4.78 is 1.12. The third kappa shape index (κ3) is 4.39. The Bertz CT molecular complexity index is 584. The van der Waals surface area contributed by atoms with Crippen LogP contribution in [0.25, 0.3) is 0 Å². The topological polar surface area (TPSA) is 0 Å². The molecule has 0 aromatic heterocycles. The average molecular weight is 393 g/mol.